The van der Waals surface area contributed by atoms with Crippen molar-refractivity contribution in [2.75, 3.05) is 12.4 Å². The lowest BCUT2D eigenvalue weighted by Crippen LogP contribution is -2.55. The van der Waals surface area contributed by atoms with Crippen LogP contribution < -0.4 is 10.0 Å². The first-order chi connectivity index (χ1) is 12.3. The number of benzene rings is 1. The zero-order valence-corrected chi connectivity index (χ0v) is 15.3. The number of anilines is 1. The number of carbonyl (C=O) groups excluding carboxylic acids is 1. The third-order valence-electron chi connectivity index (χ3n) is 4.14. The maximum absolute atomic E-state index is 13.2. The summed E-state index contributed by atoms with van der Waals surface area (Å²) in [7, 11) is -2.53. The Hall–Kier alpha value is -2.07. The first kappa shape index (κ1) is 18.7. The Bertz CT molecular complexity index is 926. The molecule has 7 nitrogen and oxygen atoms in total. The van der Waals surface area contributed by atoms with Gasteiger partial charge in [0.05, 0.1) is 11.1 Å². The quantitative estimate of drug-likeness (QED) is 0.828. The van der Waals surface area contributed by atoms with E-state index in [4.69, 9.17) is 11.6 Å². The molecular formula is C16H16ClFN4O3S. The molecule has 2 atom stereocenters. The summed E-state index contributed by atoms with van der Waals surface area (Å²) < 4.78 is 41.5. The fourth-order valence-corrected chi connectivity index (χ4v) is 4.16. The van der Waals surface area contributed by atoms with Crippen molar-refractivity contribution in [1.82, 2.24) is 14.0 Å². The minimum atomic E-state index is -3.85. The van der Waals surface area contributed by atoms with Crippen molar-refractivity contribution in [1.29, 1.82) is 0 Å². The number of rotatable bonds is 3. The molecule has 1 amide bonds. The summed E-state index contributed by atoms with van der Waals surface area (Å²) >= 11 is 5.71. The van der Waals surface area contributed by atoms with Gasteiger partial charge in [-0.25, -0.2) is 4.39 Å². The second-order valence-corrected chi connectivity index (χ2v) is 8.02. The lowest BCUT2D eigenvalue weighted by atomic mass is 10.0. The highest BCUT2D eigenvalue weighted by atomic mass is 35.5. The van der Waals surface area contributed by atoms with Gasteiger partial charge in [0, 0.05) is 25.1 Å². The third-order valence-corrected chi connectivity index (χ3v) is 6.03. The predicted molar refractivity (Wildman–Crippen MR) is 95.2 cm³/mol. The van der Waals surface area contributed by atoms with E-state index in [2.05, 4.69) is 15.0 Å². The van der Waals surface area contributed by atoms with E-state index in [0.29, 0.717) is 5.56 Å². The summed E-state index contributed by atoms with van der Waals surface area (Å²) in [6, 6.07) is 5.64. The Morgan fingerprint density at radius 3 is 2.85 bits per heavy atom. The minimum absolute atomic E-state index is 0.137. The molecule has 1 saturated heterocycles. The second kappa shape index (κ2) is 7.28. The summed E-state index contributed by atoms with van der Waals surface area (Å²) in [4.78, 5) is 16.6. The zero-order valence-electron chi connectivity index (χ0n) is 13.7. The Labute approximate surface area is 155 Å². The maximum atomic E-state index is 13.2. The first-order valence-electron chi connectivity index (χ1n) is 7.69. The largest absolute Gasteiger partial charge is 0.325 e. The fourth-order valence-electron chi connectivity index (χ4n) is 2.71. The van der Waals surface area contributed by atoms with Gasteiger partial charge >= 0.3 is 0 Å². The number of amides is 1. The van der Waals surface area contributed by atoms with Crippen molar-refractivity contribution in [3.05, 3.63) is 59.1 Å². The van der Waals surface area contributed by atoms with Crippen LogP contribution in [0.25, 0.3) is 0 Å². The van der Waals surface area contributed by atoms with Crippen LogP contribution in [0.4, 0.5) is 10.1 Å². The highest BCUT2D eigenvalue weighted by Crippen LogP contribution is 2.28. The molecule has 0 saturated carbocycles. The summed E-state index contributed by atoms with van der Waals surface area (Å²) in [5.41, 5.74) is 0.940. The molecule has 2 N–H and O–H groups in total. The summed E-state index contributed by atoms with van der Waals surface area (Å²) in [5.74, 6) is -1.14. The molecule has 0 radical (unpaired) electrons. The van der Waals surface area contributed by atoms with Crippen molar-refractivity contribution < 1.29 is 17.6 Å². The number of carbonyl (C=O) groups is 1. The molecule has 2 heterocycles. The standard InChI is InChI=1S/C16H16ClFN4O3S/c1-22-15(16(23)20-11-4-5-13(18)12(17)7-11)8-14(21-26(22,24)25)10-3-2-6-19-9-10/h2-7,9,14-15,21H,8H2,1H3,(H,20,23). The van der Waals surface area contributed by atoms with Crippen molar-refractivity contribution >= 4 is 33.4 Å². The van der Waals surface area contributed by atoms with Crippen LogP contribution in [0.5, 0.6) is 0 Å². The lowest BCUT2D eigenvalue weighted by molar-refractivity contribution is -0.120. The molecule has 2 aromatic rings. The average Bonchev–Trinajstić information content (AvgIpc) is 2.61. The highest BCUT2D eigenvalue weighted by Gasteiger charge is 2.40. The van der Waals surface area contributed by atoms with Gasteiger partial charge < -0.3 is 5.32 Å². The van der Waals surface area contributed by atoms with E-state index in [1.165, 1.54) is 19.2 Å². The van der Waals surface area contributed by atoms with Crippen LogP contribution in [0.3, 0.4) is 0 Å². The van der Waals surface area contributed by atoms with Crippen molar-refractivity contribution in [3.8, 4) is 0 Å². The van der Waals surface area contributed by atoms with Crippen molar-refractivity contribution in [2.24, 2.45) is 0 Å². The summed E-state index contributed by atoms with van der Waals surface area (Å²) in [6.45, 7) is 0. The second-order valence-electron chi connectivity index (χ2n) is 5.85. The SMILES string of the molecule is CN1C(C(=O)Nc2ccc(F)c(Cl)c2)CC(c2cccnc2)NS1(=O)=O. The van der Waals surface area contributed by atoms with Gasteiger partial charge in [0.15, 0.2) is 0 Å². The predicted octanol–water partition coefficient (Wildman–Crippen LogP) is 2.09. The molecule has 138 valence electrons. The number of pyridine rings is 1. The van der Waals surface area contributed by atoms with Gasteiger partial charge in [-0.3, -0.25) is 9.78 Å². The van der Waals surface area contributed by atoms with Crippen molar-refractivity contribution in [3.63, 3.8) is 0 Å². The molecule has 26 heavy (non-hydrogen) atoms. The van der Waals surface area contributed by atoms with Crippen LogP contribution in [-0.4, -0.2) is 36.7 Å². The van der Waals surface area contributed by atoms with Gasteiger partial charge in [0.25, 0.3) is 10.2 Å². The van der Waals surface area contributed by atoms with Gasteiger partial charge in [-0.05, 0) is 36.2 Å². The van der Waals surface area contributed by atoms with Crippen LogP contribution in [0.2, 0.25) is 5.02 Å². The molecule has 10 heteroatoms. The molecule has 1 aliphatic heterocycles. The maximum Gasteiger partial charge on any atom is 0.280 e. The van der Waals surface area contributed by atoms with Gasteiger partial charge in [0.1, 0.15) is 11.9 Å². The monoisotopic (exact) mass is 398 g/mol. The number of likely N-dealkylation sites (N-methyl/N-ethyl adjacent to an activating group) is 1. The van der Waals surface area contributed by atoms with Crippen LogP contribution >= 0.6 is 11.6 Å². The average molecular weight is 399 g/mol. The first-order valence-corrected chi connectivity index (χ1v) is 9.51. The number of hydrogen-bond donors (Lipinski definition) is 2. The third kappa shape index (κ3) is 3.85. The Morgan fingerprint density at radius 2 is 2.19 bits per heavy atom. The number of aromatic nitrogens is 1. The van der Waals surface area contributed by atoms with E-state index in [9.17, 15) is 17.6 Å². The molecule has 1 aromatic heterocycles. The molecule has 1 aromatic carbocycles. The van der Waals surface area contributed by atoms with Gasteiger partial charge in [-0.2, -0.15) is 17.4 Å². The number of hydrogen-bond acceptors (Lipinski definition) is 4. The van der Waals surface area contributed by atoms with Crippen LogP contribution in [0, 0.1) is 5.82 Å². The van der Waals surface area contributed by atoms with E-state index < -0.39 is 34.0 Å². The number of nitrogens with zero attached hydrogens (tertiary/aromatic N) is 2. The normalized spacial score (nSPS) is 22.7. The molecule has 3 rings (SSSR count). The Morgan fingerprint density at radius 1 is 1.42 bits per heavy atom. The lowest BCUT2D eigenvalue weighted by Gasteiger charge is -2.36. The fraction of sp³-hybridized carbons (Fsp3) is 0.250. The minimum Gasteiger partial charge on any atom is -0.325 e. The molecule has 2 unspecified atom stereocenters. The van der Waals surface area contributed by atoms with Crippen LogP contribution in [0.15, 0.2) is 42.7 Å². The molecule has 0 aliphatic carbocycles. The number of halogens is 2. The molecular weight excluding hydrogens is 383 g/mol. The Kier molecular flexibility index (Phi) is 5.24. The Balaban J connectivity index is 1.84. The molecule has 0 spiro atoms. The highest BCUT2D eigenvalue weighted by molar-refractivity contribution is 7.87. The molecule has 1 aliphatic rings. The topological polar surface area (TPSA) is 91.4 Å². The summed E-state index contributed by atoms with van der Waals surface area (Å²) in [6.07, 6.45) is 3.34. The summed E-state index contributed by atoms with van der Waals surface area (Å²) in [5, 5.41) is 2.44. The van der Waals surface area contributed by atoms with Gasteiger partial charge in [0.2, 0.25) is 5.91 Å². The smallest absolute Gasteiger partial charge is 0.280 e. The van der Waals surface area contributed by atoms with E-state index in [1.54, 1.807) is 24.5 Å². The number of nitrogens with one attached hydrogen (secondary N) is 2. The van der Waals surface area contributed by atoms with Crippen molar-refractivity contribution in [2.45, 2.75) is 18.5 Å². The van der Waals surface area contributed by atoms with E-state index in [0.717, 1.165) is 10.4 Å². The van der Waals surface area contributed by atoms with Gasteiger partial charge in [-0.15, -0.1) is 0 Å². The van der Waals surface area contributed by atoms with Crippen LogP contribution in [0.1, 0.15) is 18.0 Å². The van der Waals surface area contributed by atoms with Gasteiger partial charge in [-0.1, -0.05) is 17.7 Å². The zero-order chi connectivity index (χ0) is 18.9. The van der Waals surface area contributed by atoms with Crippen LogP contribution in [-0.2, 0) is 15.0 Å². The molecule has 1 fully saturated rings. The van der Waals surface area contributed by atoms with E-state index in [-0.39, 0.29) is 17.1 Å². The van der Waals surface area contributed by atoms with E-state index >= 15 is 0 Å². The van der Waals surface area contributed by atoms with E-state index in [1.807, 2.05) is 0 Å². The molecule has 0 bridgehead atoms.